The molecule has 1 aliphatic rings. The van der Waals surface area contributed by atoms with Crippen molar-refractivity contribution in [3.8, 4) is 0 Å². The summed E-state index contributed by atoms with van der Waals surface area (Å²) >= 11 is 5.84. The monoisotopic (exact) mass is 346 g/mol. The van der Waals surface area contributed by atoms with Crippen LogP contribution in [0.15, 0.2) is 36.5 Å². The summed E-state index contributed by atoms with van der Waals surface area (Å²) in [5.41, 5.74) is 1.30. The van der Waals surface area contributed by atoms with Gasteiger partial charge in [0.2, 0.25) is 5.95 Å². The number of amides is 1. The SMILES string of the molecule is O=C(NCc1ccc(Cl)cc1)c1ccnc(NCC2CCCO2)n1. The second kappa shape index (κ2) is 8.08. The highest BCUT2D eigenvalue weighted by molar-refractivity contribution is 6.30. The summed E-state index contributed by atoms with van der Waals surface area (Å²) in [7, 11) is 0. The highest BCUT2D eigenvalue weighted by Gasteiger charge is 2.16. The third-order valence-corrected chi connectivity index (χ3v) is 4.02. The van der Waals surface area contributed by atoms with Gasteiger partial charge in [-0.15, -0.1) is 0 Å². The second-order valence-electron chi connectivity index (χ2n) is 5.59. The van der Waals surface area contributed by atoms with Gasteiger partial charge in [0.1, 0.15) is 5.69 Å². The second-order valence-corrected chi connectivity index (χ2v) is 6.03. The largest absolute Gasteiger partial charge is 0.376 e. The number of hydrogen-bond donors (Lipinski definition) is 2. The van der Waals surface area contributed by atoms with Gasteiger partial charge >= 0.3 is 0 Å². The van der Waals surface area contributed by atoms with Crippen LogP contribution < -0.4 is 10.6 Å². The maximum atomic E-state index is 12.2. The van der Waals surface area contributed by atoms with E-state index in [1.165, 1.54) is 0 Å². The molecule has 0 aliphatic carbocycles. The number of anilines is 1. The summed E-state index contributed by atoms with van der Waals surface area (Å²) in [6.45, 7) is 1.87. The van der Waals surface area contributed by atoms with E-state index in [0.29, 0.717) is 29.8 Å². The molecule has 1 aliphatic heterocycles. The molecule has 0 saturated carbocycles. The highest BCUT2D eigenvalue weighted by Crippen LogP contribution is 2.12. The number of nitrogens with one attached hydrogen (secondary N) is 2. The molecular formula is C17H19ClN4O2. The normalized spacial score (nSPS) is 16.8. The van der Waals surface area contributed by atoms with Gasteiger partial charge in [-0.05, 0) is 36.6 Å². The quantitative estimate of drug-likeness (QED) is 0.841. The van der Waals surface area contributed by atoms with E-state index in [4.69, 9.17) is 16.3 Å². The zero-order chi connectivity index (χ0) is 16.8. The standard InChI is InChI=1S/C17H19ClN4O2/c18-13-5-3-12(4-6-13)10-20-16(23)15-7-8-19-17(22-15)21-11-14-2-1-9-24-14/h3-8,14H,1-2,9-11H2,(H,20,23)(H,19,21,22). The average molecular weight is 347 g/mol. The Bertz CT molecular complexity index is 687. The molecule has 1 fully saturated rings. The smallest absolute Gasteiger partial charge is 0.270 e. The summed E-state index contributed by atoms with van der Waals surface area (Å²) in [4.78, 5) is 20.6. The van der Waals surface area contributed by atoms with Crippen LogP contribution in [0.2, 0.25) is 5.02 Å². The molecule has 2 aromatic rings. The van der Waals surface area contributed by atoms with Crippen LogP contribution in [0.5, 0.6) is 0 Å². The van der Waals surface area contributed by atoms with Gasteiger partial charge in [-0.25, -0.2) is 9.97 Å². The molecular weight excluding hydrogens is 328 g/mol. The van der Waals surface area contributed by atoms with Gasteiger partial charge in [0.25, 0.3) is 5.91 Å². The van der Waals surface area contributed by atoms with E-state index in [9.17, 15) is 4.79 Å². The lowest BCUT2D eigenvalue weighted by molar-refractivity contribution is 0.0946. The van der Waals surface area contributed by atoms with Gasteiger partial charge < -0.3 is 15.4 Å². The molecule has 1 unspecified atom stereocenters. The van der Waals surface area contributed by atoms with Gasteiger partial charge in [0.15, 0.2) is 0 Å². The summed E-state index contributed by atoms with van der Waals surface area (Å²) in [5.74, 6) is 0.192. The fourth-order valence-electron chi connectivity index (χ4n) is 2.46. The Morgan fingerprint density at radius 1 is 1.29 bits per heavy atom. The van der Waals surface area contributed by atoms with E-state index >= 15 is 0 Å². The Hall–Kier alpha value is -2.18. The number of carbonyl (C=O) groups is 1. The number of nitrogens with zero attached hydrogens (tertiary/aromatic N) is 2. The van der Waals surface area contributed by atoms with E-state index in [1.54, 1.807) is 24.4 Å². The first-order valence-corrected chi connectivity index (χ1v) is 8.29. The number of hydrogen-bond acceptors (Lipinski definition) is 5. The Labute approximate surface area is 145 Å². The van der Waals surface area contributed by atoms with E-state index in [0.717, 1.165) is 25.0 Å². The number of ether oxygens (including phenoxy) is 1. The molecule has 0 spiro atoms. The topological polar surface area (TPSA) is 76.1 Å². The van der Waals surface area contributed by atoms with Crippen LogP contribution in [-0.4, -0.2) is 35.1 Å². The number of carbonyl (C=O) groups excluding carboxylic acids is 1. The zero-order valence-corrected chi connectivity index (χ0v) is 13.9. The minimum absolute atomic E-state index is 0.191. The van der Waals surface area contributed by atoms with E-state index < -0.39 is 0 Å². The van der Waals surface area contributed by atoms with Crippen molar-refractivity contribution < 1.29 is 9.53 Å². The molecule has 2 N–H and O–H groups in total. The molecule has 1 amide bonds. The number of halogens is 1. The molecule has 1 aromatic heterocycles. The molecule has 1 saturated heterocycles. The summed E-state index contributed by atoms with van der Waals surface area (Å²) in [6, 6.07) is 8.92. The molecule has 3 rings (SSSR count). The van der Waals surface area contributed by atoms with E-state index in [-0.39, 0.29) is 12.0 Å². The fourth-order valence-corrected chi connectivity index (χ4v) is 2.58. The van der Waals surface area contributed by atoms with Crippen molar-refractivity contribution in [1.82, 2.24) is 15.3 Å². The molecule has 0 bridgehead atoms. The molecule has 2 heterocycles. The minimum Gasteiger partial charge on any atom is -0.376 e. The number of aromatic nitrogens is 2. The van der Waals surface area contributed by atoms with Crippen LogP contribution in [0.25, 0.3) is 0 Å². The van der Waals surface area contributed by atoms with Gasteiger partial charge in [0.05, 0.1) is 6.10 Å². The van der Waals surface area contributed by atoms with Crippen LogP contribution >= 0.6 is 11.6 Å². The van der Waals surface area contributed by atoms with Crippen LogP contribution in [0.4, 0.5) is 5.95 Å². The fraction of sp³-hybridized carbons (Fsp3) is 0.353. The van der Waals surface area contributed by atoms with E-state index in [2.05, 4.69) is 20.6 Å². The molecule has 126 valence electrons. The first kappa shape index (κ1) is 16.7. The van der Waals surface area contributed by atoms with Crippen molar-refractivity contribution in [1.29, 1.82) is 0 Å². The van der Waals surface area contributed by atoms with Gasteiger partial charge in [-0.2, -0.15) is 0 Å². The Morgan fingerprint density at radius 2 is 2.12 bits per heavy atom. The number of benzene rings is 1. The van der Waals surface area contributed by atoms with Crippen molar-refractivity contribution in [2.45, 2.75) is 25.5 Å². The van der Waals surface area contributed by atoms with Crippen molar-refractivity contribution >= 4 is 23.5 Å². The molecule has 24 heavy (non-hydrogen) atoms. The third kappa shape index (κ3) is 4.66. The first-order valence-electron chi connectivity index (χ1n) is 7.92. The Balaban J connectivity index is 1.54. The van der Waals surface area contributed by atoms with Crippen molar-refractivity contribution in [2.24, 2.45) is 0 Å². The van der Waals surface area contributed by atoms with Gasteiger partial charge in [-0.3, -0.25) is 4.79 Å². The molecule has 7 heteroatoms. The lowest BCUT2D eigenvalue weighted by atomic mass is 10.2. The Kier molecular flexibility index (Phi) is 5.61. The van der Waals surface area contributed by atoms with Crippen molar-refractivity contribution in [2.75, 3.05) is 18.5 Å². The lowest BCUT2D eigenvalue weighted by Gasteiger charge is -2.11. The minimum atomic E-state index is -0.243. The molecule has 1 atom stereocenters. The molecule has 0 radical (unpaired) electrons. The third-order valence-electron chi connectivity index (χ3n) is 3.77. The maximum Gasteiger partial charge on any atom is 0.270 e. The van der Waals surface area contributed by atoms with Crippen LogP contribution in [-0.2, 0) is 11.3 Å². The predicted octanol–water partition coefficient (Wildman–Crippen LogP) is 2.65. The van der Waals surface area contributed by atoms with Crippen molar-refractivity contribution in [3.05, 3.63) is 52.8 Å². The number of rotatable bonds is 6. The predicted molar refractivity (Wildman–Crippen MR) is 92.1 cm³/mol. The van der Waals surface area contributed by atoms with Gasteiger partial charge in [0, 0.05) is 30.9 Å². The molecule has 1 aromatic carbocycles. The molecule has 6 nitrogen and oxygen atoms in total. The highest BCUT2D eigenvalue weighted by atomic mass is 35.5. The van der Waals surface area contributed by atoms with Crippen LogP contribution in [0.3, 0.4) is 0 Å². The zero-order valence-electron chi connectivity index (χ0n) is 13.2. The average Bonchev–Trinajstić information content (AvgIpc) is 3.13. The van der Waals surface area contributed by atoms with E-state index in [1.807, 2.05) is 12.1 Å². The Morgan fingerprint density at radius 3 is 2.88 bits per heavy atom. The van der Waals surface area contributed by atoms with Gasteiger partial charge in [-0.1, -0.05) is 23.7 Å². The summed E-state index contributed by atoms with van der Waals surface area (Å²) < 4.78 is 5.54. The van der Waals surface area contributed by atoms with Crippen LogP contribution in [0.1, 0.15) is 28.9 Å². The summed E-state index contributed by atoms with van der Waals surface area (Å²) in [6.07, 6.45) is 3.88. The maximum absolute atomic E-state index is 12.2. The first-order chi connectivity index (χ1) is 11.7. The van der Waals surface area contributed by atoms with Crippen molar-refractivity contribution in [3.63, 3.8) is 0 Å². The summed E-state index contributed by atoms with van der Waals surface area (Å²) in [5, 5.41) is 6.62. The lowest BCUT2D eigenvalue weighted by Crippen LogP contribution is -2.25. The van der Waals surface area contributed by atoms with Crippen LogP contribution in [0, 0.1) is 0 Å².